The maximum Gasteiger partial charge on any atom is 0.119 e. The highest BCUT2D eigenvalue weighted by atomic mass is 16.5. The first kappa shape index (κ1) is 14.0. The maximum atomic E-state index is 8.92. The minimum absolute atomic E-state index is 0.0810. The molecule has 3 nitrogen and oxygen atoms in total. The summed E-state index contributed by atoms with van der Waals surface area (Å²) in [5.74, 6) is 1.36. The highest BCUT2D eigenvalue weighted by Crippen LogP contribution is 2.13. The second kappa shape index (κ2) is 8.09. The fourth-order valence-corrected chi connectivity index (χ4v) is 1.51. The van der Waals surface area contributed by atoms with Crippen molar-refractivity contribution >= 4 is 0 Å². The largest absolute Gasteiger partial charge is 0.493 e. The van der Waals surface area contributed by atoms with E-state index in [1.807, 2.05) is 24.3 Å². The average Bonchev–Trinajstić information content (AvgIpc) is 2.37. The third-order valence-corrected chi connectivity index (χ3v) is 2.56. The van der Waals surface area contributed by atoms with Gasteiger partial charge < -0.3 is 15.2 Å². The van der Waals surface area contributed by atoms with Crippen LogP contribution in [0.1, 0.15) is 25.8 Å². The number of rotatable bonds is 8. The molecule has 0 aliphatic carbocycles. The lowest BCUT2D eigenvalue weighted by Gasteiger charge is -2.13. The molecule has 96 valence electrons. The lowest BCUT2D eigenvalue weighted by atomic mass is 10.2. The summed E-state index contributed by atoms with van der Waals surface area (Å²) >= 11 is 0. The smallest absolute Gasteiger partial charge is 0.119 e. The Bertz CT molecular complexity index is 298. The van der Waals surface area contributed by atoms with Crippen LogP contribution in [0.15, 0.2) is 24.3 Å². The van der Waals surface area contributed by atoms with E-state index < -0.39 is 0 Å². The van der Waals surface area contributed by atoms with Gasteiger partial charge in [0.2, 0.25) is 0 Å². The van der Waals surface area contributed by atoms with Gasteiger partial charge in [0.1, 0.15) is 5.75 Å². The number of benzene rings is 1. The standard InChI is InChI=1S/C14H23NO2/c1-3-8-15-9-12(2)11-17-14-6-4-13(10-16)5-7-14/h4-7,12,15-16H,3,8-11H2,1-2H3. The van der Waals surface area contributed by atoms with Gasteiger partial charge in [-0.25, -0.2) is 0 Å². The van der Waals surface area contributed by atoms with Crippen molar-refractivity contribution in [1.82, 2.24) is 5.32 Å². The van der Waals surface area contributed by atoms with E-state index in [2.05, 4.69) is 19.2 Å². The molecule has 0 radical (unpaired) electrons. The average molecular weight is 237 g/mol. The van der Waals surface area contributed by atoms with Gasteiger partial charge in [0.25, 0.3) is 0 Å². The molecule has 0 spiro atoms. The van der Waals surface area contributed by atoms with Crippen molar-refractivity contribution in [3.8, 4) is 5.75 Å². The van der Waals surface area contributed by atoms with Crippen LogP contribution in [0.25, 0.3) is 0 Å². The van der Waals surface area contributed by atoms with Crippen molar-refractivity contribution in [2.75, 3.05) is 19.7 Å². The number of hydrogen-bond acceptors (Lipinski definition) is 3. The SMILES string of the molecule is CCCNCC(C)COc1ccc(CO)cc1. The first-order valence-corrected chi connectivity index (χ1v) is 6.29. The van der Waals surface area contributed by atoms with Gasteiger partial charge in [-0.1, -0.05) is 26.0 Å². The molecule has 1 aromatic rings. The summed E-state index contributed by atoms with van der Waals surface area (Å²) in [5, 5.41) is 12.3. The number of nitrogens with one attached hydrogen (secondary N) is 1. The molecule has 0 amide bonds. The van der Waals surface area contributed by atoms with Crippen molar-refractivity contribution < 1.29 is 9.84 Å². The third kappa shape index (κ3) is 5.71. The molecule has 1 atom stereocenters. The van der Waals surface area contributed by atoms with Crippen molar-refractivity contribution in [2.24, 2.45) is 5.92 Å². The molecule has 0 fully saturated rings. The van der Waals surface area contributed by atoms with Crippen molar-refractivity contribution in [1.29, 1.82) is 0 Å². The zero-order valence-electron chi connectivity index (χ0n) is 10.8. The van der Waals surface area contributed by atoms with E-state index in [0.29, 0.717) is 5.92 Å². The summed E-state index contributed by atoms with van der Waals surface area (Å²) < 4.78 is 5.68. The van der Waals surface area contributed by atoms with Gasteiger partial charge >= 0.3 is 0 Å². The van der Waals surface area contributed by atoms with Gasteiger partial charge in [-0.05, 0) is 30.7 Å². The minimum atomic E-state index is 0.0810. The molecule has 0 aliphatic heterocycles. The van der Waals surface area contributed by atoms with Crippen molar-refractivity contribution in [3.63, 3.8) is 0 Å². The predicted molar refractivity (Wildman–Crippen MR) is 70.2 cm³/mol. The van der Waals surface area contributed by atoms with Gasteiger partial charge in [0.15, 0.2) is 0 Å². The van der Waals surface area contributed by atoms with Crippen LogP contribution >= 0.6 is 0 Å². The molecule has 0 heterocycles. The number of ether oxygens (including phenoxy) is 1. The van der Waals surface area contributed by atoms with Crippen LogP contribution in [-0.4, -0.2) is 24.8 Å². The Balaban J connectivity index is 2.24. The second-order valence-corrected chi connectivity index (χ2v) is 4.42. The molecule has 0 aliphatic rings. The second-order valence-electron chi connectivity index (χ2n) is 4.42. The zero-order chi connectivity index (χ0) is 12.5. The molecule has 0 aromatic heterocycles. The van der Waals surface area contributed by atoms with E-state index in [1.165, 1.54) is 0 Å². The Kier molecular flexibility index (Phi) is 6.67. The molecule has 17 heavy (non-hydrogen) atoms. The monoisotopic (exact) mass is 237 g/mol. The summed E-state index contributed by atoms with van der Waals surface area (Å²) in [6.07, 6.45) is 1.16. The zero-order valence-corrected chi connectivity index (χ0v) is 10.8. The Morgan fingerprint density at radius 3 is 2.59 bits per heavy atom. The minimum Gasteiger partial charge on any atom is -0.493 e. The summed E-state index contributed by atoms with van der Waals surface area (Å²) in [6.45, 7) is 7.19. The molecule has 1 aromatic carbocycles. The molecule has 0 saturated carbocycles. The van der Waals surface area contributed by atoms with Gasteiger partial charge in [-0.15, -0.1) is 0 Å². The molecule has 3 heteroatoms. The third-order valence-electron chi connectivity index (χ3n) is 2.56. The van der Waals surface area contributed by atoms with Gasteiger partial charge in [0, 0.05) is 12.5 Å². The molecule has 0 saturated heterocycles. The lowest BCUT2D eigenvalue weighted by Crippen LogP contribution is -2.25. The Morgan fingerprint density at radius 1 is 1.29 bits per heavy atom. The van der Waals surface area contributed by atoms with Gasteiger partial charge in [-0.2, -0.15) is 0 Å². The van der Waals surface area contributed by atoms with E-state index in [9.17, 15) is 0 Å². The van der Waals surface area contributed by atoms with Gasteiger partial charge in [-0.3, -0.25) is 0 Å². The van der Waals surface area contributed by atoms with Crippen LogP contribution in [0.5, 0.6) is 5.75 Å². The molecule has 2 N–H and O–H groups in total. The van der Waals surface area contributed by atoms with Crippen LogP contribution in [-0.2, 0) is 6.61 Å². The molecule has 1 rings (SSSR count). The number of aliphatic hydroxyl groups is 1. The van der Waals surface area contributed by atoms with Crippen LogP contribution in [0.2, 0.25) is 0 Å². The number of aliphatic hydroxyl groups excluding tert-OH is 1. The Morgan fingerprint density at radius 2 is 2.00 bits per heavy atom. The van der Waals surface area contributed by atoms with Gasteiger partial charge in [0.05, 0.1) is 13.2 Å². The van der Waals surface area contributed by atoms with E-state index in [-0.39, 0.29) is 6.61 Å². The predicted octanol–water partition coefficient (Wildman–Crippen LogP) is 2.19. The first-order valence-electron chi connectivity index (χ1n) is 6.29. The van der Waals surface area contributed by atoms with Crippen molar-refractivity contribution in [3.05, 3.63) is 29.8 Å². The summed E-state index contributed by atoms with van der Waals surface area (Å²) in [7, 11) is 0. The number of hydrogen-bond donors (Lipinski definition) is 2. The molecular weight excluding hydrogens is 214 g/mol. The lowest BCUT2D eigenvalue weighted by molar-refractivity contribution is 0.255. The van der Waals surface area contributed by atoms with Crippen LogP contribution in [0.4, 0.5) is 0 Å². The first-order chi connectivity index (χ1) is 8.26. The van der Waals surface area contributed by atoms with Crippen LogP contribution in [0.3, 0.4) is 0 Å². The molecule has 1 unspecified atom stereocenters. The maximum absolute atomic E-state index is 8.92. The topological polar surface area (TPSA) is 41.5 Å². The molecular formula is C14H23NO2. The summed E-state index contributed by atoms with van der Waals surface area (Å²) in [4.78, 5) is 0. The van der Waals surface area contributed by atoms with Crippen molar-refractivity contribution in [2.45, 2.75) is 26.9 Å². The van der Waals surface area contributed by atoms with E-state index in [1.54, 1.807) is 0 Å². The van der Waals surface area contributed by atoms with E-state index in [4.69, 9.17) is 9.84 Å². The quantitative estimate of drug-likeness (QED) is 0.681. The highest BCUT2D eigenvalue weighted by molar-refractivity contribution is 5.26. The van der Waals surface area contributed by atoms with E-state index in [0.717, 1.165) is 37.4 Å². The highest BCUT2D eigenvalue weighted by Gasteiger charge is 2.02. The summed E-state index contributed by atoms with van der Waals surface area (Å²) in [5.41, 5.74) is 0.912. The Labute approximate surface area is 104 Å². The normalized spacial score (nSPS) is 12.4. The van der Waals surface area contributed by atoms with E-state index >= 15 is 0 Å². The van der Waals surface area contributed by atoms with Crippen LogP contribution in [0, 0.1) is 5.92 Å². The fourth-order valence-electron chi connectivity index (χ4n) is 1.51. The summed E-state index contributed by atoms with van der Waals surface area (Å²) in [6, 6.07) is 7.57. The Hall–Kier alpha value is -1.06. The molecule has 0 bridgehead atoms. The van der Waals surface area contributed by atoms with Crippen LogP contribution < -0.4 is 10.1 Å². The fraction of sp³-hybridized carbons (Fsp3) is 0.571.